The van der Waals surface area contributed by atoms with Gasteiger partial charge in [-0.05, 0) is 32.6 Å². The summed E-state index contributed by atoms with van der Waals surface area (Å²) in [6.45, 7) is 3.94. The summed E-state index contributed by atoms with van der Waals surface area (Å²) in [4.78, 5) is 16.8. The highest BCUT2D eigenvalue weighted by Crippen LogP contribution is 2.17. The largest absolute Gasteiger partial charge is 0.374 e. The van der Waals surface area contributed by atoms with E-state index in [1.54, 1.807) is 0 Å². The third kappa shape index (κ3) is 4.08. The van der Waals surface area contributed by atoms with Gasteiger partial charge in [0.1, 0.15) is 11.4 Å². The molecule has 0 radical (unpaired) electrons. The Morgan fingerprint density at radius 1 is 1.36 bits per heavy atom. The predicted octanol–water partition coefficient (Wildman–Crippen LogP) is 0.741. The number of carbonyl (C=O) groups is 1. The lowest BCUT2D eigenvalue weighted by Gasteiger charge is -2.20. The minimum atomic E-state index is 0.0432. The molecule has 2 aromatic heterocycles. The second kappa shape index (κ2) is 7.79. The average Bonchev–Trinajstić information content (AvgIpc) is 3.10. The van der Waals surface area contributed by atoms with Crippen molar-refractivity contribution in [1.29, 1.82) is 0 Å². The molecular formula is C17H26N6O2. The van der Waals surface area contributed by atoms with Gasteiger partial charge in [0.15, 0.2) is 0 Å². The molecule has 0 atom stereocenters. The topological polar surface area (TPSA) is 68.4 Å². The Hall–Kier alpha value is -2.19. The lowest BCUT2D eigenvalue weighted by Crippen LogP contribution is -2.32. The van der Waals surface area contributed by atoms with Gasteiger partial charge in [0.25, 0.3) is 5.91 Å². The fourth-order valence-corrected chi connectivity index (χ4v) is 2.94. The molecule has 0 saturated carbocycles. The monoisotopic (exact) mass is 346 g/mol. The fraction of sp³-hybridized carbons (Fsp3) is 0.588. The van der Waals surface area contributed by atoms with Gasteiger partial charge < -0.3 is 19.1 Å². The summed E-state index contributed by atoms with van der Waals surface area (Å²) < 4.78 is 9.48. The van der Waals surface area contributed by atoms with E-state index in [9.17, 15) is 4.79 Å². The molecule has 136 valence electrons. The summed E-state index contributed by atoms with van der Waals surface area (Å²) >= 11 is 0. The van der Waals surface area contributed by atoms with Crippen LogP contribution in [-0.2, 0) is 31.5 Å². The van der Waals surface area contributed by atoms with Crippen LogP contribution >= 0.6 is 0 Å². The first kappa shape index (κ1) is 17.6. The van der Waals surface area contributed by atoms with Gasteiger partial charge in [-0.15, -0.1) is 5.10 Å². The van der Waals surface area contributed by atoms with E-state index >= 15 is 0 Å². The van der Waals surface area contributed by atoms with E-state index < -0.39 is 0 Å². The molecule has 1 amide bonds. The van der Waals surface area contributed by atoms with Gasteiger partial charge in [0, 0.05) is 32.9 Å². The molecule has 25 heavy (non-hydrogen) atoms. The number of nitrogens with zero attached hydrogens (tertiary/aromatic N) is 6. The number of ether oxygens (including phenoxy) is 1. The van der Waals surface area contributed by atoms with Crippen molar-refractivity contribution in [2.75, 3.05) is 33.8 Å². The highest BCUT2D eigenvalue weighted by molar-refractivity contribution is 5.92. The minimum Gasteiger partial charge on any atom is -0.374 e. The number of rotatable bonds is 6. The molecule has 0 saturated heterocycles. The van der Waals surface area contributed by atoms with Crippen LogP contribution in [0.25, 0.3) is 0 Å². The first-order valence-electron chi connectivity index (χ1n) is 8.60. The van der Waals surface area contributed by atoms with Crippen LogP contribution in [0.3, 0.4) is 0 Å². The Labute approximate surface area is 148 Å². The predicted molar refractivity (Wildman–Crippen MR) is 93.0 cm³/mol. The van der Waals surface area contributed by atoms with Crippen LogP contribution in [0, 0.1) is 0 Å². The van der Waals surface area contributed by atoms with Gasteiger partial charge in [-0.25, -0.2) is 4.68 Å². The standard InChI is InChI=1S/C17H26N6O2/c1-20(2)10-11-25-13-14-16-12-22(8-5-9-23(16)19-18-14)17(24)15-6-4-7-21(15)3/h4,6-7H,5,8-13H2,1-3H3. The number of carbonyl (C=O) groups excluding carboxylic acids is 1. The zero-order chi connectivity index (χ0) is 17.8. The smallest absolute Gasteiger partial charge is 0.270 e. The molecule has 8 heteroatoms. The number of aryl methyl sites for hydroxylation is 2. The SMILES string of the molecule is CN(C)CCOCc1nnn2c1CN(C(=O)c1cccn1C)CCC2. The number of hydrogen-bond donors (Lipinski definition) is 0. The van der Waals surface area contributed by atoms with E-state index in [2.05, 4.69) is 15.2 Å². The maximum atomic E-state index is 12.8. The van der Waals surface area contributed by atoms with Crippen LogP contribution in [0.1, 0.15) is 28.3 Å². The van der Waals surface area contributed by atoms with Gasteiger partial charge in [-0.2, -0.15) is 0 Å². The van der Waals surface area contributed by atoms with Crippen molar-refractivity contribution in [3.05, 3.63) is 35.4 Å². The summed E-state index contributed by atoms with van der Waals surface area (Å²) in [6.07, 6.45) is 2.76. The second-order valence-corrected chi connectivity index (χ2v) is 6.65. The first-order valence-corrected chi connectivity index (χ1v) is 8.60. The number of likely N-dealkylation sites (N-methyl/N-ethyl adjacent to an activating group) is 1. The lowest BCUT2D eigenvalue weighted by atomic mass is 10.2. The van der Waals surface area contributed by atoms with Crippen molar-refractivity contribution in [2.24, 2.45) is 7.05 Å². The van der Waals surface area contributed by atoms with E-state index in [4.69, 9.17) is 4.74 Å². The Morgan fingerprint density at radius 3 is 2.92 bits per heavy atom. The van der Waals surface area contributed by atoms with Crippen LogP contribution in [-0.4, -0.2) is 69.1 Å². The molecule has 3 rings (SSSR count). The van der Waals surface area contributed by atoms with Gasteiger partial charge in [-0.3, -0.25) is 4.79 Å². The molecule has 0 aromatic carbocycles. The quantitative estimate of drug-likeness (QED) is 0.722. The van der Waals surface area contributed by atoms with Crippen molar-refractivity contribution < 1.29 is 9.53 Å². The number of aromatic nitrogens is 4. The van der Waals surface area contributed by atoms with Crippen molar-refractivity contribution in [3.63, 3.8) is 0 Å². The Bertz CT molecular complexity index is 721. The van der Waals surface area contributed by atoms with E-state index in [0.29, 0.717) is 32.0 Å². The van der Waals surface area contributed by atoms with Gasteiger partial charge in [0.2, 0.25) is 0 Å². The third-order valence-corrected chi connectivity index (χ3v) is 4.43. The molecule has 1 aliphatic heterocycles. The molecule has 3 heterocycles. The van der Waals surface area contributed by atoms with Crippen molar-refractivity contribution in [2.45, 2.75) is 26.1 Å². The normalized spacial score (nSPS) is 14.6. The third-order valence-electron chi connectivity index (χ3n) is 4.43. The molecule has 0 N–H and O–H groups in total. The van der Waals surface area contributed by atoms with Crippen LogP contribution in [0.2, 0.25) is 0 Å². The van der Waals surface area contributed by atoms with Crippen LogP contribution in [0.5, 0.6) is 0 Å². The maximum absolute atomic E-state index is 12.8. The lowest BCUT2D eigenvalue weighted by molar-refractivity contribution is 0.0731. The van der Waals surface area contributed by atoms with E-state index in [1.165, 1.54) is 0 Å². The van der Waals surface area contributed by atoms with Crippen LogP contribution < -0.4 is 0 Å². The highest BCUT2D eigenvalue weighted by Gasteiger charge is 2.25. The summed E-state index contributed by atoms with van der Waals surface area (Å²) in [7, 11) is 5.92. The molecule has 0 unspecified atom stereocenters. The minimum absolute atomic E-state index is 0.0432. The highest BCUT2D eigenvalue weighted by atomic mass is 16.5. The van der Waals surface area contributed by atoms with Crippen molar-refractivity contribution >= 4 is 5.91 Å². The zero-order valence-corrected chi connectivity index (χ0v) is 15.2. The summed E-state index contributed by atoms with van der Waals surface area (Å²) in [5.74, 6) is 0.0432. The summed E-state index contributed by atoms with van der Waals surface area (Å²) in [5, 5.41) is 8.50. The molecule has 0 aliphatic carbocycles. The van der Waals surface area contributed by atoms with Crippen LogP contribution in [0.4, 0.5) is 0 Å². The average molecular weight is 346 g/mol. The number of amides is 1. The van der Waals surface area contributed by atoms with Crippen molar-refractivity contribution in [3.8, 4) is 0 Å². The van der Waals surface area contributed by atoms with E-state index in [-0.39, 0.29) is 5.91 Å². The van der Waals surface area contributed by atoms with Crippen LogP contribution in [0.15, 0.2) is 18.3 Å². The van der Waals surface area contributed by atoms with Gasteiger partial charge in [-0.1, -0.05) is 5.21 Å². The Kier molecular flexibility index (Phi) is 5.50. The summed E-state index contributed by atoms with van der Waals surface area (Å²) in [5.41, 5.74) is 2.50. The molecular weight excluding hydrogens is 320 g/mol. The zero-order valence-electron chi connectivity index (χ0n) is 15.2. The van der Waals surface area contributed by atoms with E-state index in [1.807, 2.05) is 53.6 Å². The first-order chi connectivity index (χ1) is 12.1. The molecule has 2 aromatic rings. The molecule has 0 bridgehead atoms. The molecule has 1 aliphatic rings. The second-order valence-electron chi connectivity index (χ2n) is 6.65. The molecule has 0 fully saturated rings. The maximum Gasteiger partial charge on any atom is 0.270 e. The number of hydrogen-bond acceptors (Lipinski definition) is 5. The number of fused-ring (bicyclic) bond motifs is 1. The summed E-state index contributed by atoms with van der Waals surface area (Å²) in [6, 6.07) is 3.74. The van der Waals surface area contributed by atoms with Gasteiger partial charge >= 0.3 is 0 Å². The molecule has 8 nitrogen and oxygen atoms in total. The van der Waals surface area contributed by atoms with Crippen molar-refractivity contribution in [1.82, 2.24) is 29.4 Å². The Balaban J connectivity index is 1.70. The fourth-order valence-electron chi connectivity index (χ4n) is 2.94. The van der Waals surface area contributed by atoms with E-state index in [0.717, 1.165) is 30.9 Å². The molecule has 0 spiro atoms. The Morgan fingerprint density at radius 2 is 2.20 bits per heavy atom. The van der Waals surface area contributed by atoms with Gasteiger partial charge in [0.05, 0.1) is 25.5 Å².